The first kappa shape index (κ1) is 35.7. The fraction of sp³-hybridized carbons (Fsp3) is 0.395. The molecule has 1 unspecified atom stereocenters. The van der Waals surface area contributed by atoms with Gasteiger partial charge in [-0.1, -0.05) is 101 Å². The molecule has 0 amide bonds. The molecule has 0 fully saturated rings. The van der Waals surface area contributed by atoms with Gasteiger partial charge in [0.1, 0.15) is 11.5 Å². The third-order valence-electron chi connectivity index (χ3n) is 10.8. The number of fused-ring (bicyclic) bond motifs is 2. The fourth-order valence-electron chi connectivity index (χ4n) is 8.11. The molecule has 3 aliphatic rings. The third kappa shape index (κ3) is 7.08. The first-order valence-corrected chi connectivity index (χ1v) is 19.7. The largest absolute Gasteiger partial charge is 0.457 e. The second-order valence-electron chi connectivity index (χ2n) is 14.8. The number of allylic oxidation sites excluding steroid dienone is 6. The fourth-order valence-corrected chi connectivity index (χ4v) is 8.61. The quantitative estimate of drug-likeness (QED) is 0.202. The highest BCUT2D eigenvalue weighted by molar-refractivity contribution is 7.85. The van der Waals surface area contributed by atoms with E-state index in [1.54, 1.807) is 0 Å². The molecule has 2 aliphatic heterocycles. The normalized spacial score (nSPS) is 21.4. The van der Waals surface area contributed by atoms with E-state index >= 15 is 0 Å². The highest BCUT2D eigenvalue weighted by Crippen LogP contribution is 2.49. The highest BCUT2D eigenvalue weighted by Gasteiger charge is 2.42. The molecule has 50 heavy (non-hydrogen) atoms. The highest BCUT2D eigenvalue weighted by atomic mass is 32.2. The summed E-state index contributed by atoms with van der Waals surface area (Å²) in [5.74, 6) is 1.45. The summed E-state index contributed by atoms with van der Waals surface area (Å²) in [6.07, 6.45) is 13.2. The summed E-state index contributed by atoms with van der Waals surface area (Å²) in [6, 6.07) is 25.6. The second kappa shape index (κ2) is 14.3. The van der Waals surface area contributed by atoms with E-state index in [4.69, 9.17) is 4.74 Å². The molecule has 3 aromatic rings. The van der Waals surface area contributed by atoms with E-state index < -0.39 is 10.1 Å². The van der Waals surface area contributed by atoms with Crippen LogP contribution in [0.25, 0.3) is 0 Å². The summed E-state index contributed by atoms with van der Waals surface area (Å²) in [5.41, 5.74) is 9.40. The van der Waals surface area contributed by atoms with Gasteiger partial charge in [0.05, 0.1) is 11.8 Å². The van der Waals surface area contributed by atoms with Gasteiger partial charge >= 0.3 is 0 Å². The van der Waals surface area contributed by atoms with Gasteiger partial charge in [-0.3, -0.25) is 4.55 Å². The number of hydrogen-bond donors (Lipinski definition) is 1. The van der Waals surface area contributed by atoms with Crippen molar-refractivity contribution in [3.63, 3.8) is 0 Å². The second-order valence-corrected chi connectivity index (χ2v) is 16.4. The predicted octanol–water partition coefficient (Wildman–Crippen LogP) is 9.69. The summed E-state index contributed by atoms with van der Waals surface area (Å²) in [6.45, 7) is 15.0. The molecule has 0 aromatic heterocycles. The summed E-state index contributed by atoms with van der Waals surface area (Å²) < 4.78 is 39.5. The van der Waals surface area contributed by atoms with Crippen LogP contribution >= 0.6 is 0 Å². The number of benzene rings is 3. The lowest BCUT2D eigenvalue weighted by molar-refractivity contribution is 0.415. The molecule has 6 rings (SSSR count). The first-order valence-electron chi connectivity index (χ1n) is 18.1. The number of hydrogen-bond acceptors (Lipinski definition) is 5. The van der Waals surface area contributed by atoms with Crippen molar-refractivity contribution in [2.45, 2.75) is 90.5 Å². The maximum Gasteiger partial charge on any atom is 0.264 e. The molecule has 1 atom stereocenters. The van der Waals surface area contributed by atoms with E-state index in [9.17, 15) is 13.0 Å². The maximum atomic E-state index is 11.6. The van der Waals surface area contributed by atoms with Crippen molar-refractivity contribution in [3.8, 4) is 5.75 Å². The first-order chi connectivity index (χ1) is 23.8. The van der Waals surface area contributed by atoms with Crippen LogP contribution in [-0.2, 0) is 27.4 Å². The topological polar surface area (TPSA) is 70.1 Å². The number of ether oxygens (including phenoxy) is 1. The lowest BCUT2D eigenvalue weighted by Gasteiger charge is -2.32. The van der Waals surface area contributed by atoms with Crippen LogP contribution in [0.3, 0.4) is 0 Å². The number of likely N-dealkylation sites (N-methyl/N-ethyl adjacent to an activating group) is 1. The Morgan fingerprint density at radius 1 is 0.900 bits per heavy atom. The van der Waals surface area contributed by atoms with Crippen LogP contribution in [0.2, 0.25) is 0 Å². The van der Waals surface area contributed by atoms with Crippen molar-refractivity contribution in [1.29, 1.82) is 0 Å². The molecule has 1 aliphatic carbocycles. The van der Waals surface area contributed by atoms with Gasteiger partial charge in [0.25, 0.3) is 10.1 Å². The van der Waals surface area contributed by atoms with Crippen LogP contribution in [0.5, 0.6) is 5.75 Å². The molecular formula is C43H52N2O4S. The summed E-state index contributed by atoms with van der Waals surface area (Å²) >= 11 is 0. The molecule has 0 bridgehead atoms. The Balaban J connectivity index is 1.41. The van der Waals surface area contributed by atoms with Crippen molar-refractivity contribution >= 4 is 21.5 Å². The number of aryl methyl sites for hydroxylation is 1. The molecular weight excluding hydrogens is 641 g/mol. The summed E-state index contributed by atoms with van der Waals surface area (Å²) in [4.78, 5) is 4.75. The third-order valence-corrected chi connectivity index (χ3v) is 11.6. The van der Waals surface area contributed by atoms with Crippen LogP contribution in [0.1, 0.15) is 83.9 Å². The lowest BCUT2D eigenvalue weighted by atomic mass is 9.80. The van der Waals surface area contributed by atoms with E-state index in [0.29, 0.717) is 13.0 Å². The maximum absolute atomic E-state index is 11.6. The minimum absolute atomic E-state index is 0.0403. The Hall–Kier alpha value is -4.07. The Bertz CT molecular complexity index is 1950. The van der Waals surface area contributed by atoms with Gasteiger partial charge in [-0.15, -0.1) is 0 Å². The van der Waals surface area contributed by atoms with Crippen LogP contribution in [0.15, 0.2) is 120 Å². The average molecular weight is 693 g/mol. The Morgan fingerprint density at radius 2 is 1.64 bits per heavy atom. The molecule has 0 spiro atoms. The Morgan fingerprint density at radius 3 is 2.36 bits per heavy atom. The van der Waals surface area contributed by atoms with E-state index in [0.717, 1.165) is 60.7 Å². The molecule has 0 saturated heterocycles. The van der Waals surface area contributed by atoms with E-state index in [1.807, 2.05) is 30.3 Å². The van der Waals surface area contributed by atoms with Gasteiger partial charge in [0.15, 0.2) is 0 Å². The molecule has 7 heteroatoms. The van der Waals surface area contributed by atoms with Gasteiger partial charge in [-0.05, 0) is 97.2 Å². The van der Waals surface area contributed by atoms with E-state index in [2.05, 4.69) is 118 Å². The van der Waals surface area contributed by atoms with Crippen LogP contribution in [0, 0.1) is 0 Å². The van der Waals surface area contributed by atoms with Gasteiger partial charge < -0.3 is 14.5 Å². The number of rotatable bonds is 11. The molecule has 6 nitrogen and oxygen atoms in total. The van der Waals surface area contributed by atoms with Crippen molar-refractivity contribution in [2.24, 2.45) is 0 Å². The Kier molecular flexibility index (Phi) is 10.2. The molecule has 0 saturated carbocycles. The summed E-state index contributed by atoms with van der Waals surface area (Å²) in [5, 5.41) is 0. The lowest BCUT2D eigenvalue weighted by Crippen LogP contribution is -2.39. The molecule has 0 radical (unpaired) electrons. The summed E-state index contributed by atoms with van der Waals surface area (Å²) in [7, 11) is -4.05. The molecule has 3 aromatic carbocycles. The van der Waals surface area contributed by atoms with Crippen molar-refractivity contribution < 1.29 is 17.7 Å². The van der Waals surface area contributed by atoms with Crippen LogP contribution in [0.4, 0.5) is 11.4 Å². The standard InChI is InChI=1S/C43H52N2O4S/c1-7-31-22-25-38-36(30-31)43(5,6)40(45(38)28-15-29-50(46,47)48)27-24-33-17-14-16-32(41(33)49-34-18-10-9-11-19-34)23-26-39-42(3,4)35-20-12-13-21-37(35)44(39)8-2/h9-13,18-27,30,39H,7-8,14-17,28-29H2,1-6H3,(H,46,47,48)/b26-23+,33-24+,40-27+. The minimum atomic E-state index is -4.05. The average Bonchev–Trinajstić information content (AvgIpc) is 3.44. The van der Waals surface area contributed by atoms with Crippen molar-refractivity contribution in [3.05, 3.63) is 136 Å². The zero-order valence-corrected chi connectivity index (χ0v) is 31.3. The van der Waals surface area contributed by atoms with Gasteiger partial charge in [-0.25, -0.2) is 0 Å². The van der Waals surface area contributed by atoms with Crippen molar-refractivity contribution in [2.75, 3.05) is 28.6 Å². The molecule has 1 N–H and O–H groups in total. The zero-order chi connectivity index (χ0) is 35.7. The monoisotopic (exact) mass is 692 g/mol. The smallest absolute Gasteiger partial charge is 0.264 e. The minimum Gasteiger partial charge on any atom is -0.457 e. The number of anilines is 2. The molecule has 2 heterocycles. The molecule has 264 valence electrons. The van der Waals surface area contributed by atoms with Crippen LogP contribution in [-0.4, -0.2) is 37.9 Å². The van der Waals surface area contributed by atoms with E-state index in [1.165, 1.54) is 28.0 Å². The number of nitrogens with zero attached hydrogens (tertiary/aromatic N) is 2. The van der Waals surface area contributed by atoms with Gasteiger partial charge in [0.2, 0.25) is 0 Å². The van der Waals surface area contributed by atoms with Gasteiger partial charge in [0, 0.05) is 41.0 Å². The van der Waals surface area contributed by atoms with Crippen molar-refractivity contribution in [1.82, 2.24) is 0 Å². The SMILES string of the molecule is CCc1ccc2c(c1)C(C)(C)/C(=C\C=C1/CCCC(/C=C/C3N(CC)c4ccccc4C3(C)C)=C1Oc1ccccc1)N2CCCS(=O)(=O)O. The number of para-hydroxylation sites is 2. The van der Waals surface area contributed by atoms with Crippen LogP contribution < -0.4 is 14.5 Å². The van der Waals surface area contributed by atoms with Gasteiger partial charge in [-0.2, -0.15) is 8.42 Å². The predicted molar refractivity (Wildman–Crippen MR) is 207 cm³/mol. The Labute approximate surface area is 299 Å². The zero-order valence-electron chi connectivity index (χ0n) is 30.4. The van der Waals surface area contributed by atoms with E-state index in [-0.39, 0.29) is 22.6 Å².